The second kappa shape index (κ2) is 5.15. The van der Waals surface area contributed by atoms with Crippen molar-refractivity contribution in [3.8, 4) is 0 Å². The van der Waals surface area contributed by atoms with Crippen LogP contribution >= 0.6 is 0 Å². The number of hydrogen-bond acceptors (Lipinski definition) is 3. The van der Waals surface area contributed by atoms with Gasteiger partial charge in [-0.2, -0.15) is 0 Å². The van der Waals surface area contributed by atoms with Crippen molar-refractivity contribution in [3.05, 3.63) is 29.3 Å². The topological polar surface area (TPSA) is 75.6 Å². The molecule has 1 amide bonds. The zero-order chi connectivity index (χ0) is 15.1. The average Bonchev–Trinajstić information content (AvgIpc) is 3.03. The van der Waals surface area contributed by atoms with Crippen molar-refractivity contribution in [1.29, 1.82) is 0 Å². The van der Waals surface area contributed by atoms with Crippen LogP contribution in [0.2, 0.25) is 0 Å². The van der Waals surface area contributed by atoms with E-state index in [1.54, 1.807) is 0 Å². The molecule has 2 saturated heterocycles. The van der Waals surface area contributed by atoms with Gasteiger partial charge in [-0.15, -0.1) is 0 Å². The van der Waals surface area contributed by atoms with Crippen molar-refractivity contribution >= 4 is 17.6 Å². The fourth-order valence-corrected chi connectivity index (χ4v) is 3.54. The fourth-order valence-electron chi connectivity index (χ4n) is 3.54. The standard InChI is InChI=1S/C16H19NO4/c1-8-4-3-5-9(2)14(8)17-15(18)12-10-6-7-11(21-10)13(12)16(19)20/h3-5,10-13H,6-7H2,1-2H3,(H,17,18)(H,19,20). The van der Waals surface area contributed by atoms with E-state index in [0.29, 0.717) is 0 Å². The van der Waals surface area contributed by atoms with Gasteiger partial charge >= 0.3 is 5.97 Å². The third kappa shape index (κ3) is 2.31. The number of amides is 1. The van der Waals surface area contributed by atoms with E-state index in [9.17, 15) is 14.7 Å². The van der Waals surface area contributed by atoms with Crippen LogP contribution in [0.1, 0.15) is 24.0 Å². The summed E-state index contributed by atoms with van der Waals surface area (Å²) < 4.78 is 5.64. The van der Waals surface area contributed by atoms with E-state index in [1.807, 2.05) is 32.0 Å². The number of para-hydroxylation sites is 1. The molecule has 5 heteroatoms. The Balaban J connectivity index is 1.83. The maximum Gasteiger partial charge on any atom is 0.310 e. The Hall–Kier alpha value is -1.88. The lowest BCUT2D eigenvalue weighted by Gasteiger charge is -2.24. The molecule has 2 aliphatic rings. The summed E-state index contributed by atoms with van der Waals surface area (Å²) in [6.45, 7) is 3.85. The lowest BCUT2D eigenvalue weighted by atomic mass is 9.78. The molecule has 1 aromatic rings. The minimum absolute atomic E-state index is 0.244. The first kappa shape index (κ1) is 14.1. The third-order valence-electron chi connectivity index (χ3n) is 4.59. The van der Waals surface area contributed by atoms with Gasteiger partial charge in [-0.05, 0) is 37.8 Å². The molecular formula is C16H19NO4. The molecule has 4 atom stereocenters. The van der Waals surface area contributed by atoms with Crippen LogP contribution in [0.3, 0.4) is 0 Å². The number of aryl methyl sites for hydroxylation is 2. The highest BCUT2D eigenvalue weighted by atomic mass is 16.5. The first-order chi connectivity index (χ1) is 9.99. The number of nitrogens with one attached hydrogen (secondary N) is 1. The van der Waals surface area contributed by atoms with Gasteiger partial charge < -0.3 is 15.2 Å². The molecule has 5 nitrogen and oxygen atoms in total. The molecule has 3 rings (SSSR count). The second-order valence-corrected chi connectivity index (χ2v) is 5.94. The van der Waals surface area contributed by atoms with Crippen LogP contribution in [0.15, 0.2) is 18.2 Å². The van der Waals surface area contributed by atoms with Crippen LogP contribution < -0.4 is 5.32 Å². The smallest absolute Gasteiger partial charge is 0.310 e. The first-order valence-corrected chi connectivity index (χ1v) is 7.24. The Morgan fingerprint density at radius 3 is 2.29 bits per heavy atom. The van der Waals surface area contributed by atoms with Crippen molar-refractivity contribution in [2.45, 2.75) is 38.9 Å². The van der Waals surface area contributed by atoms with Crippen LogP contribution in [0.5, 0.6) is 0 Å². The zero-order valence-corrected chi connectivity index (χ0v) is 12.1. The number of carboxylic acids is 1. The number of carbonyl (C=O) groups excluding carboxylic acids is 1. The molecule has 2 bridgehead atoms. The summed E-state index contributed by atoms with van der Waals surface area (Å²) in [7, 11) is 0. The molecule has 4 unspecified atom stereocenters. The molecule has 0 aliphatic carbocycles. The molecule has 1 aromatic carbocycles. The van der Waals surface area contributed by atoms with Gasteiger partial charge in [0.25, 0.3) is 0 Å². The van der Waals surface area contributed by atoms with Gasteiger partial charge in [-0.3, -0.25) is 9.59 Å². The van der Waals surface area contributed by atoms with E-state index in [0.717, 1.165) is 29.7 Å². The summed E-state index contributed by atoms with van der Waals surface area (Å²) in [6, 6.07) is 5.78. The van der Waals surface area contributed by atoms with Gasteiger partial charge in [0, 0.05) is 5.69 Å². The summed E-state index contributed by atoms with van der Waals surface area (Å²) >= 11 is 0. The minimum atomic E-state index is -0.941. The summed E-state index contributed by atoms with van der Waals surface area (Å²) in [6.07, 6.45) is 0.912. The summed E-state index contributed by atoms with van der Waals surface area (Å²) in [4.78, 5) is 24.0. The van der Waals surface area contributed by atoms with E-state index in [1.165, 1.54) is 0 Å². The Labute approximate surface area is 123 Å². The van der Waals surface area contributed by atoms with Gasteiger partial charge in [0.2, 0.25) is 5.91 Å². The number of fused-ring (bicyclic) bond motifs is 2. The monoisotopic (exact) mass is 289 g/mol. The summed E-state index contributed by atoms with van der Waals surface area (Å²) in [5.74, 6) is -2.51. The lowest BCUT2D eigenvalue weighted by molar-refractivity contribution is -0.147. The summed E-state index contributed by atoms with van der Waals surface area (Å²) in [5.41, 5.74) is 2.72. The molecule has 112 valence electrons. The van der Waals surface area contributed by atoms with Crippen molar-refractivity contribution in [2.75, 3.05) is 5.32 Å². The van der Waals surface area contributed by atoms with Gasteiger partial charge in [0.1, 0.15) is 0 Å². The van der Waals surface area contributed by atoms with E-state index >= 15 is 0 Å². The van der Waals surface area contributed by atoms with Crippen LogP contribution in [0.25, 0.3) is 0 Å². The zero-order valence-electron chi connectivity index (χ0n) is 12.1. The highest BCUT2D eigenvalue weighted by Crippen LogP contribution is 2.44. The minimum Gasteiger partial charge on any atom is -0.481 e. The van der Waals surface area contributed by atoms with Crippen molar-refractivity contribution in [3.63, 3.8) is 0 Å². The molecule has 2 fully saturated rings. The van der Waals surface area contributed by atoms with Gasteiger partial charge in [0.05, 0.1) is 24.0 Å². The number of carboxylic acid groups (broad SMARTS) is 1. The Kier molecular flexibility index (Phi) is 3.45. The molecule has 21 heavy (non-hydrogen) atoms. The van der Waals surface area contributed by atoms with Crippen molar-refractivity contribution in [1.82, 2.24) is 0 Å². The van der Waals surface area contributed by atoms with Crippen LogP contribution in [0.4, 0.5) is 5.69 Å². The number of rotatable bonds is 3. The van der Waals surface area contributed by atoms with E-state index in [-0.39, 0.29) is 18.1 Å². The number of hydrogen-bond donors (Lipinski definition) is 2. The first-order valence-electron chi connectivity index (χ1n) is 7.24. The molecule has 2 N–H and O–H groups in total. The molecule has 0 spiro atoms. The lowest BCUT2D eigenvalue weighted by Crippen LogP contribution is -2.41. The predicted octanol–water partition coefficient (Wildman–Crippen LogP) is 2.12. The van der Waals surface area contributed by atoms with E-state index < -0.39 is 17.8 Å². The Bertz CT molecular complexity index is 578. The van der Waals surface area contributed by atoms with Crippen molar-refractivity contribution in [2.24, 2.45) is 11.8 Å². The van der Waals surface area contributed by atoms with Gasteiger partial charge in [-0.25, -0.2) is 0 Å². The Morgan fingerprint density at radius 1 is 1.14 bits per heavy atom. The van der Waals surface area contributed by atoms with Gasteiger partial charge in [0.15, 0.2) is 0 Å². The Morgan fingerprint density at radius 2 is 1.71 bits per heavy atom. The summed E-state index contributed by atoms with van der Waals surface area (Å²) in [5, 5.41) is 12.3. The number of anilines is 1. The van der Waals surface area contributed by atoms with Crippen LogP contribution in [0, 0.1) is 25.7 Å². The predicted molar refractivity (Wildman–Crippen MR) is 77.1 cm³/mol. The van der Waals surface area contributed by atoms with Gasteiger partial charge in [-0.1, -0.05) is 18.2 Å². The van der Waals surface area contributed by atoms with Crippen LogP contribution in [-0.4, -0.2) is 29.2 Å². The average molecular weight is 289 g/mol. The maximum absolute atomic E-state index is 12.6. The molecular weight excluding hydrogens is 270 g/mol. The quantitative estimate of drug-likeness (QED) is 0.893. The fraction of sp³-hybridized carbons (Fsp3) is 0.500. The maximum atomic E-state index is 12.6. The largest absolute Gasteiger partial charge is 0.481 e. The highest BCUT2D eigenvalue weighted by Gasteiger charge is 2.55. The third-order valence-corrected chi connectivity index (χ3v) is 4.59. The number of ether oxygens (including phenoxy) is 1. The molecule has 0 aromatic heterocycles. The molecule has 2 aliphatic heterocycles. The number of aliphatic carboxylic acids is 1. The molecule has 0 radical (unpaired) electrons. The van der Waals surface area contributed by atoms with Crippen molar-refractivity contribution < 1.29 is 19.4 Å². The number of benzene rings is 1. The van der Waals surface area contributed by atoms with Crippen LogP contribution in [-0.2, 0) is 14.3 Å². The normalized spacial score (nSPS) is 30.4. The number of carbonyl (C=O) groups is 2. The molecule has 2 heterocycles. The van der Waals surface area contributed by atoms with E-state index in [4.69, 9.17) is 4.74 Å². The SMILES string of the molecule is Cc1cccc(C)c1NC(=O)C1C2CCC(O2)C1C(=O)O. The second-order valence-electron chi connectivity index (χ2n) is 5.94. The highest BCUT2D eigenvalue weighted by molar-refractivity contribution is 5.97. The van der Waals surface area contributed by atoms with E-state index in [2.05, 4.69) is 5.32 Å². The molecule has 0 saturated carbocycles.